The zero-order chi connectivity index (χ0) is 18.1. The molecule has 25 heavy (non-hydrogen) atoms. The van der Waals surface area contributed by atoms with Gasteiger partial charge in [0.25, 0.3) is 5.91 Å². The minimum Gasteiger partial charge on any atom is -0.360 e. The largest absolute Gasteiger partial charge is 0.360 e. The van der Waals surface area contributed by atoms with Gasteiger partial charge in [0.2, 0.25) is 0 Å². The Balaban J connectivity index is 2.03. The van der Waals surface area contributed by atoms with Gasteiger partial charge in [0.05, 0.1) is 16.3 Å². The lowest BCUT2D eigenvalue weighted by molar-refractivity contribution is 0.102. The molecule has 7 heteroatoms. The number of aromatic nitrogens is 1. The van der Waals surface area contributed by atoms with Crippen molar-refractivity contribution in [3.05, 3.63) is 68.6 Å². The van der Waals surface area contributed by atoms with E-state index in [1.54, 1.807) is 13.0 Å². The third kappa shape index (κ3) is 3.45. The Morgan fingerprint density at radius 2 is 2.04 bits per heavy atom. The summed E-state index contributed by atoms with van der Waals surface area (Å²) in [7, 11) is 0. The van der Waals surface area contributed by atoms with E-state index in [9.17, 15) is 9.18 Å². The van der Waals surface area contributed by atoms with Crippen molar-refractivity contribution in [2.45, 2.75) is 13.8 Å². The molecule has 0 radical (unpaired) electrons. The number of benzene rings is 2. The van der Waals surface area contributed by atoms with Crippen LogP contribution < -0.4 is 5.32 Å². The summed E-state index contributed by atoms with van der Waals surface area (Å²) in [4.78, 5) is 12.8. The highest BCUT2D eigenvalue weighted by Crippen LogP contribution is 2.34. The third-order valence-corrected chi connectivity index (χ3v) is 4.63. The van der Waals surface area contributed by atoms with Crippen molar-refractivity contribution in [2.24, 2.45) is 0 Å². The molecule has 0 aliphatic carbocycles. The summed E-state index contributed by atoms with van der Waals surface area (Å²) >= 11 is 9.50. The average molecular weight is 424 g/mol. The molecule has 1 N–H and O–H groups in total. The smallest absolute Gasteiger partial charge is 0.261 e. The van der Waals surface area contributed by atoms with Gasteiger partial charge in [-0.25, -0.2) is 4.39 Å². The van der Waals surface area contributed by atoms with E-state index < -0.39 is 11.7 Å². The van der Waals surface area contributed by atoms with Crippen LogP contribution in [0.3, 0.4) is 0 Å². The van der Waals surface area contributed by atoms with Crippen LogP contribution in [0.1, 0.15) is 21.7 Å². The van der Waals surface area contributed by atoms with Crippen LogP contribution in [-0.4, -0.2) is 11.1 Å². The van der Waals surface area contributed by atoms with E-state index in [2.05, 4.69) is 26.4 Å². The van der Waals surface area contributed by atoms with E-state index in [0.717, 1.165) is 10.0 Å². The maximum atomic E-state index is 14.2. The summed E-state index contributed by atoms with van der Waals surface area (Å²) < 4.78 is 20.1. The maximum Gasteiger partial charge on any atom is 0.261 e. The topological polar surface area (TPSA) is 55.1 Å². The predicted molar refractivity (Wildman–Crippen MR) is 98.5 cm³/mol. The highest BCUT2D eigenvalue weighted by molar-refractivity contribution is 9.10. The van der Waals surface area contributed by atoms with Crippen molar-refractivity contribution in [1.82, 2.24) is 5.16 Å². The van der Waals surface area contributed by atoms with Gasteiger partial charge in [0.1, 0.15) is 22.8 Å². The number of nitrogens with one attached hydrogen (secondary N) is 1. The minimum atomic E-state index is -0.577. The van der Waals surface area contributed by atoms with Crippen molar-refractivity contribution < 1.29 is 13.7 Å². The van der Waals surface area contributed by atoms with Gasteiger partial charge >= 0.3 is 0 Å². The molecule has 0 atom stereocenters. The molecule has 1 amide bonds. The van der Waals surface area contributed by atoms with Gasteiger partial charge in [-0.2, -0.15) is 0 Å². The van der Waals surface area contributed by atoms with Gasteiger partial charge in [-0.3, -0.25) is 4.79 Å². The Labute approximate surface area is 157 Å². The Hall–Kier alpha value is -2.18. The number of hydrogen-bond donors (Lipinski definition) is 1. The monoisotopic (exact) mass is 422 g/mol. The van der Waals surface area contributed by atoms with Gasteiger partial charge in [-0.15, -0.1) is 0 Å². The molecule has 0 fully saturated rings. The SMILES string of the molecule is Cc1ccc(NC(=O)c2c(-c3c(F)cccc3Cl)noc2C)c(Br)c1. The molecule has 0 spiro atoms. The molecule has 3 aromatic rings. The van der Waals surface area contributed by atoms with Gasteiger partial charge < -0.3 is 9.84 Å². The van der Waals surface area contributed by atoms with Crippen LogP contribution in [0.15, 0.2) is 45.4 Å². The zero-order valence-corrected chi connectivity index (χ0v) is 15.7. The first-order valence-electron chi connectivity index (χ1n) is 7.36. The number of halogens is 3. The highest BCUT2D eigenvalue weighted by atomic mass is 79.9. The highest BCUT2D eigenvalue weighted by Gasteiger charge is 2.25. The van der Waals surface area contributed by atoms with Gasteiger partial charge in [-0.1, -0.05) is 28.9 Å². The second-order valence-electron chi connectivity index (χ2n) is 5.50. The van der Waals surface area contributed by atoms with E-state index in [1.807, 2.05) is 19.1 Å². The summed E-state index contributed by atoms with van der Waals surface area (Å²) in [5.41, 5.74) is 1.88. The van der Waals surface area contributed by atoms with E-state index in [4.69, 9.17) is 16.1 Å². The van der Waals surface area contributed by atoms with Crippen LogP contribution in [-0.2, 0) is 0 Å². The van der Waals surface area contributed by atoms with Gasteiger partial charge in [0.15, 0.2) is 0 Å². The molecule has 0 bridgehead atoms. The Morgan fingerprint density at radius 3 is 2.72 bits per heavy atom. The Bertz CT molecular complexity index is 951. The first kappa shape index (κ1) is 17.6. The van der Waals surface area contributed by atoms with Crippen LogP contribution >= 0.6 is 27.5 Å². The van der Waals surface area contributed by atoms with Crippen molar-refractivity contribution in [2.75, 3.05) is 5.32 Å². The van der Waals surface area contributed by atoms with Crippen LogP contribution in [0.4, 0.5) is 10.1 Å². The van der Waals surface area contributed by atoms with Crippen LogP contribution in [0.25, 0.3) is 11.3 Å². The molecule has 4 nitrogen and oxygen atoms in total. The number of carbonyl (C=O) groups excluding carboxylic acids is 1. The predicted octanol–water partition coefficient (Wildman–Crippen LogP) is 5.77. The quantitative estimate of drug-likeness (QED) is 0.582. The van der Waals surface area contributed by atoms with Crippen LogP contribution in [0.5, 0.6) is 0 Å². The first-order valence-corrected chi connectivity index (χ1v) is 8.53. The zero-order valence-electron chi connectivity index (χ0n) is 13.4. The molecule has 128 valence electrons. The fraction of sp³-hybridized carbons (Fsp3) is 0.111. The summed E-state index contributed by atoms with van der Waals surface area (Å²) in [5.74, 6) is -0.765. The summed E-state index contributed by atoms with van der Waals surface area (Å²) in [6.45, 7) is 3.53. The number of nitrogens with zero attached hydrogens (tertiary/aromatic N) is 1. The van der Waals surface area contributed by atoms with E-state index in [0.29, 0.717) is 5.69 Å². The molecular formula is C18H13BrClFN2O2. The van der Waals surface area contributed by atoms with Gasteiger partial charge in [-0.05, 0) is 59.6 Å². The van der Waals surface area contributed by atoms with Crippen LogP contribution in [0.2, 0.25) is 5.02 Å². The number of carbonyl (C=O) groups is 1. The molecule has 1 heterocycles. The molecule has 0 saturated heterocycles. The number of aryl methyl sites for hydroxylation is 2. The fourth-order valence-electron chi connectivity index (χ4n) is 2.44. The molecule has 2 aromatic carbocycles. The number of amides is 1. The lowest BCUT2D eigenvalue weighted by Crippen LogP contribution is -2.14. The molecule has 0 unspecified atom stereocenters. The molecule has 0 aliphatic heterocycles. The van der Waals surface area contributed by atoms with Crippen molar-refractivity contribution in [3.8, 4) is 11.3 Å². The maximum absolute atomic E-state index is 14.2. The molecule has 1 aromatic heterocycles. The fourth-order valence-corrected chi connectivity index (χ4v) is 3.29. The van der Waals surface area contributed by atoms with E-state index in [1.165, 1.54) is 18.2 Å². The average Bonchev–Trinajstić information content (AvgIpc) is 2.91. The third-order valence-electron chi connectivity index (χ3n) is 3.66. The summed E-state index contributed by atoms with van der Waals surface area (Å²) in [6.07, 6.45) is 0. The van der Waals surface area contributed by atoms with E-state index >= 15 is 0 Å². The minimum absolute atomic E-state index is 0.0362. The lowest BCUT2D eigenvalue weighted by atomic mass is 10.0. The number of anilines is 1. The normalized spacial score (nSPS) is 10.8. The number of hydrogen-bond acceptors (Lipinski definition) is 3. The molecule has 0 saturated carbocycles. The van der Waals surface area contributed by atoms with E-state index in [-0.39, 0.29) is 27.6 Å². The Kier molecular flexibility index (Phi) is 4.92. The second kappa shape index (κ2) is 6.98. The number of rotatable bonds is 3. The first-order chi connectivity index (χ1) is 11.9. The standard InChI is InChI=1S/C18H13BrClFN2O2/c1-9-6-7-14(11(19)8-9)22-18(24)15-10(2)25-23-17(15)16-12(20)4-3-5-13(16)21/h3-8H,1-2H3,(H,22,24). The molecule has 3 rings (SSSR count). The van der Waals surface area contributed by atoms with Crippen molar-refractivity contribution in [3.63, 3.8) is 0 Å². The lowest BCUT2D eigenvalue weighted by Gasteiger charge is -2.09. The summed E-state index contributed by atoms with van der Waals surface area (Å²) in [6, 6.07) is 9.79. The van der Waals surface area contributed by atoms with Crippen molar-refractivity contribution in [1.29, 1.82) is 0 Å². The van der Waals surface area contributed by atoms with Crippen molar-refractivity contribution >= 4 is 39.1 Å². The Morgan fingerprint density at radius 1 is 1.28 bits per heavy atom. The van der Waals surface area contributed by atoms with Gasteiger partial charge in [0, 0.05) is 4.47 Å². The molecular weight excluding hydrogens is 411 g/mol. The molecule has 0 aliphatic rings. The summed E-state index contributed by atoms with van der Waals surface area (Å²) in [5, 5.41) is 6.77. The second-order valence-corrected chi connectivity index (χ2v) is 6.76. The van der Waals surface area contributed by atoms with Crippen LogP contribution in [0, 0.1) is 19.7 Å².